The summed E-state index contributed by atoms with van der Waals surface area (Å²) in [6.07, 6.45) is -7.61. The van der Waals surface area contributed by atoms with Crippen molar-refractivity contribution in [2.45, 2.75) is 80.5 Å². The first-order valence-electron chi connectivity index (χ1n) is 18.8. The normalized spacial score (nSPS) is 28.2. The molecule has 0 radical (unpaired) electrons. The Bertz CT molecular complexity index is 2160. The summed E-state index contributed by atoms with van der Waals surface area (Å²) in [6.45, 7) is 1.11. The Labute approximate surface area is 332 Å². The zero-order chi connectivity index (χ0) is 40.8. The molecule has 5 aliphatic rings. The van der Waals surface area contributed by atoms with Gasteiger partial charge in [-0.1, -0.05) is 36.4 Å². The van der Waals surface area contributed by atoms with Gasteiger partial charge in [0.05, 0.1) is 26.3 Å². The van der Waals surface area contributed by atoms with Crippen LogP contribution in [0.1, 0.15) is 40.7 Å². The Morgan fingerprint density at radius 1 is 1.00 bits per heavy atom. The topological polar surface area (TPSA) is 249 Å². The number of nitrogens with zero attached hydrogens (tertiary/aromatic N) is 1. The number of carboxylic acid groups (broad SMARTS) is 1. The highest BCUT2D eigenvalue weighted by atomic mass is 16.7. The standard InChI is InChI=1S/C41H44N4O13/c1-52-25-9-8-23-31-26(12-19-6-4-3-5-7-19)55-27-14-22(54-41-34(51)32(49)33(50)38(58-41)39(40(42)43)56-29(48)15-28(46)47)13-21(17-45-16-20-10-11-44-24(20)18-45)30(27)37(31)57-35(23)36(25)53-2/h3-11,13-14,18,26,31-34,37-41,49-51H,12,15-17,42-43H2,1-2H3,(H,46,47)/p+1/t26-,31-,32+,33+,34-,37+,38+,39+,41-/m1/s1. The Morgan fingerprint density at radius 3 is 2.50 bits per heavy atom. The summed E-state index contributed by atoms with van der Waals surface area (Å²) in [5.41, 5.74) is 17.3. The molecule has 1 fully saturated rings. The number of fused-ring (bicyclic) bond motifs is 6. The number of esters is 1. The average Bonchev–Trinajstić information content (AvgIpc) is 3.91. The zero-order valence-electron chi connectivity index (χ0n) is 31.6. The molecule has 17 heteroatoms. The maximum Gasteiger partial charge on any atom is 0.317 e. The summed E-state index contributed by atoms with van der Waals surface area (Å²) < 4.78 is 42.7. The van der Waals surface area contributed by atoms with Gasteiger partial charge in [0.2, 0.25) is 12.0 Å². The summed E-state index contributed by atoms with van der Waals surface area (Å²) in [7, 11) is 3.13. The molecule has 3 aromatic rings. The van der Waals surface area contributed by atoms with Crippen molar-refractivity contribution < 1.29 is 68.1 Å². The van der Waals surface area contributed by atoms with E-state index in [0.717, 1.165) is 38.4 Å². The third-order valence-corrected chi connectivity index (χ3v) is 11.0. The molecule has 10 atom stereocenters. The van der Waals surface area contributed by atoms with Gasteiger partial charge in [0.1, 0.15) is 79.5 Å². The number of methoxy groups -OCH3 is 2. The predicted octanol–water partition coefficient (Wildman–Crippen LogP) is -0.00810. The third-order valence-electron chi connectivity index (χ3n) is 11.0. The molecule has 0 spiro atoms. The lowest BCUT2D eigenvalue weighted by Gasteiger charge is -2.43. The number of aliphatic hydroxyl groups excluding tert-OH is 3. The fourth-order valence-electron chi connectivity index (χ4n) is 8.40. The molecule has 58 heavy (non-hydrogen) atoms. The van der Waals surface area contributed by atoms with Crippen molar-refractivity contribution in [1.82, 2.24) is 0 Å². The molecular formula is C41H45N4O13+. The molecule has 0 bridgehead atoms. The van der Waals surface area contributed by atoms with E-state index < -0.39 is 73.5 Å². The van der Waals surface area contributed by atoms with E-state index in [9.17, 15) is 24.9 Å². The number of hydrogen-bond acceptors (Lipinski definition) is 15. The van der Waals surface area contributed by atoms with Crippen LogP contribution in [0.4, 0.5) is 0 Å². The van der Waals surface area contributed by atoms with E-state index in [1.807, 2.05) is 54.7 Å². The molecule has 0 aromatic heterocycles. The fraction of sp³-hybridized carbons (Fsp3) is 0.390. The van der Waals surface area contributed by atoms with Gasteiger partial charge in [0.15, 0.2) is 17.6 Å². The van der Waals surface area contributed by atoms with E-state index >= 15 is 0 Å². The van der Waals surface area contributed by atoms with Crippen molar-refractivity contribution in [3.63, 3.8) is 0 Å². The van der Waals surface area contributed by atoms with Crippen molar-refractivity contribution in [2.75, 3.05) is 20.8 Å². The number of nitrogens with two attached hydrogens (primary N) is 2. The molecule has 8 rings (SSSR count). The fourth-order valence-corrected chi connectivity index (χ4v) is 8.40. The highest BCUT2D eigenvalue weighted by Crippen LogP contribution is 2.59. The molecule has 5 heterocycles. The molecule has 5 aliphatic heterocycles. The quantitative estimate of drug-likeness (QED) is 0.0683. The van der Waals surface area contributed by atoms with Crippen LogP contribution in [0.3, 0.4) is 0 Å². The average molecular weight is 802 g/mol. The summed E-state index contributed by atoms with van der Waals surface area (Å²) in [4.78, 5) is 29.0. The summed E-state index contributed by atoms with van der Waals surface area (Å²) in [5.74, 6) is -0.787. The molecule has 306 valence electrons. The van der Waals surface area contributed by atoms with Crippen LogP contribution in [0.15, 0.2) is 83.1 Å². The van der Waals surface area contributed by atoms with Gasteiger partial charge in [-0.3, -0.25) is 19.5 Å². The van der Waals surface area contributed by atoms with Crippen LogP contribution in [-0.4, -0.2) is 108 Å². The smallest absolute Gasteiger partial charge is 0.317 e. The van der Waals surface area contributed by atoms with Crippen LogP contribution in [0, 0.1) is 0 Å². The third kappa shape index (κ3) is 7.37. The number of hydrogen-bond donors (Lipinski definition) is 7. The number of allylic oxidation sites excluding steroid dienone is 1. The number of carbonyl (C=O) groups is 2. The minimum Gasteiger partial charge on any atom is -0.493 e. The number of aliphatic hydroxyl groups is 3. The predicted molar refractivity (Wildman–Crippen MR) is 202 cm³/mol. The first-order chi connectivity index (χ1) is 27.9. The minimum atomic E-state index is -1.88. The molecule has 17 nitrogen and oxygen atoms in total. The molecule has 1 unspecified atom stereocenters. The first-order valence-corrected chi connectivity index (χ1v) is 18.8. The molecular weight excluding hydrogens is 756 g/mol. The van der Waals surface area contributed by atoms with Gasteiger partial charge in [-0.15, -0.1) is 0 Å². The number of benzene rings is 3. The molecule has 9 N–H and O–H groups in total. The van der Waals surface area contributed by atoms with Crippen molar-refractivity contribution in [3.8, 4) is 28.7 Å². The van der Waals surface area contributed by atoms with Gasteiger partial charge in [-0.05, 0) is 23.8 Å². The van der Waals surface area contributed by atoms with Crippen LogP contribution < -0.4 is 40.1 Å². The number of rotatable bonds is 13. The molecule has 3 aromatic carbocycles. The molecule has 0 saturated carbocycles. The Hall–Kier alpha value is -5.53. The van der Waals surface area contributed by atoms with Crippen molar-refractivity contribution in [3.05, 3.63) is 100 Å². The summed E-state index contributed by atoms with van der Waals surface area (Å²) in [5, 5.41) is 42.1. The number of nitrogens with one attached hydrogen (secondary N) is 1. The summed E-state index contributed by atoms with van der Waals surface area (Å²) >= 11 is 0. The number of carboxylic acids is 1. The van der Waals surface area contributed by atoms with E-state index in [-0.39, 0.29) is 11.7 Å². The van der Waals surface area contributed by atoms with E-state index in [1.54, 1.807) is 32.6 Å². The maximum absolute atomic E-state index is 12.3. The van der Waals surface area contributed by atoms with E-state index in [4.69, 9.17) is 49.7 Å². The number of quaternary nitrogens is 1. The second kappa shape index (κ2) is 16.0. The first kappa shape index (κ1) is 39.3. The number of aliphatic imine (C=N–C) groups is 1. The second-order valence-corrected chi connectivity index (χ2v) is 14.8. The zero-order valence-corrected chi connectivity index (χ0v) is 31.6. The van der Waals surface area contributed by atoms with Crippen molar-refractivity contribution in [2.24, 2.45) is 16.5 Å². The highest BCUT2D eigenvalue weighted by molar-refractivity contribution is 5.90. The summed E-state index contributed by atoms with van der Waals surface area (Å²) in [6, 6.07) is 17.2. The van der Waals surface area contributed by atoms with Gasteiger partial charge >= 0.3 is 11.9 Å². The van der Waals surface area contributed by atoms with Gasteiger partial charge in [0, 0.05) is 41.0 Å². The van der Waals surface area contributed by atoms with Gasteiger partial charge in [-0.2, -0.15) is 0 Å². The van der Waals surface area contributed by atoms with Gasteiger partial charge in [0.25, 0.3) is 0 Å². The van der Waals surface area contributed by atoms with E-state index in [1.165, 1.54) is 0 Å². The number of ether oxygens (including phenoxy) is 7. The van der Waals surface area contributed by atoms with E-state index in [2.05, 4.69) is 4.99 Å². The number of aliphatic carboxylic acids is 1. The van der Waals surface area contributed by atoms with Crippen LogP contribution in [0.25, 0.3) is 0 Å². The lowest BCUT2D eigenvalue weighted by atomic mass is 9.80. The Morgan fingerprint density at radius 2 is 1.79 bits per heavy atom. The van der Waals surface area contributed by atoms with Gasteiger partial charge < -0.3 is 65.1 Å². The molecule has 0 amide bonds. The SMILES string of the molecule is COc1ccc2c(c1OC)O[C@H]1c3c(C[NH+]4C=C5N=CC=C5C4)cc(O[C@@H]4O[C@H]([C@H](OC(=O)CC(=O)O)C(N)N)[C@@H](O)[C@H](O)[C@H]4O)cc3O[C@H](Cc3ccccc3)[C@@H]21. The van der Waals surface area contributed by atoms with Crippen LogP contribution in [0.2, 0.25) is 0 Å². The maximum atomic E-state index is 12.3. The second-order valence-electron chi connectivity index (χ2n) is 14.8. The van der Waals surface area contributed by atoms with Gasteiger partial charge in [-0.25, -0.2) is 0 Å². The van der Waals surface area contributed by atoms with Crippen LogP contribution >= 0.6 is 0 Å². The highest BCUT2D eigenvalue weighted by Gasteiger charge is 2.52. The minimum absolute atomic E-state index is 0.173. The van der Waals surface area contributed by atoms with Crippen LogP contribution in [0.5, 0.6) is 28.7 Å². The lowest BCUT2D eigenvalue weighted by Crippen LogP contribution is -3.04. The van der Waals surface area contributed by atoms with Crippen molar-refractivity contribution >= 4 is 18.2 Å². The lowest BCUT2D eigenvalue weighted by molar-refractivity contribution is -0.851. The number of carbonyl (C=O) groups excluding carboxylic acids is 1. The monoisotopic (exact) mass is 801 g/mol. The molecule has 1 saturated heterocycles. The largest absolute Gasteiger partial charge is 0.493 e. The van der Waals surface area contributed by atoms with Crippen molar-refractivity contribution in [1.29, 1.82) is 0 Å². The van der Waals surface area contributed by atoms with E-state index in [0.29, 0.717) is 42.5 Å². The van der Waals surface area contributed by atoms with Crippen LogP contribution in [-0.2, 0) is 32.0 Å². The molecule has 0 aliphatic carbocycles. The Balaban J connectivity index is 1.18. The Kier molecular flexibility index (Phi) is 10.9.